The van der Waals surface area contributed by atoms with Crippen molar-refractivity contribution in [1.82, 2.24) is 4.90 Å². The first-order chi connectivity index (χ1) is 13.0. The van der Waals surface area contributed by atoms with Gasteiger partial charge in [-0.1, -0.05) is 41.4 Å². The Balaban J connectivity index is 1.53. The molecule has 0 N–H and O–H groups in total. The minimum absolute atomic E-state index is 0.0548. The summed E-state index contributed by atoms with van der Waals surface area (Å²) in [4.78, 5) is 28.0. The molecule has 5 nitrogen and oxygen atoms in total. The number of hydrogen-bond donors (Lipinski definition) is 0. The topological polar surface area (TPSA) is 49.9 Å². The Morgan fingerprint density at radius 2 is 1.63 bits per heavy atom. The monoisotopic (exact) mass is 410 g/mol. The van der Waals surface area contributed by atoms with Gasteiger partial charge in [0, 0.05) is 26.2 Å². The smallest absolute Gasteiger partial charge is 0.343 e. The Bertz CT molecular complexity index is 834. The highest BCUT2D eigenvalue weighted by atomic mass is 35.5. The molecule has 0 aromatic heterocycles. The summed E-state index contributed by atoms with van der Waals surface area (Å²) in [5.41, 5.74) is 0.558. The van der Waals surface area contributed by atoms with Crippen molar-refractivity contribution in [2.24, 2.45) is 0 Å². The zero-order valence-corrected chi connectivity index (χ0v) is 15.8. The molecule has 27 heavy (non-hydrogen) atoms. The van der Waals surface area contributed by atoms with Crippen molar-refractivity contribution in [2.45, 2.75) is 0 Å². The van der Waals surface area contributed by atoms with Crippen molar-refractivity contribution < 1.29 is 18.7 Å². The second-order valence-corrected chi connectivity index (χ2v) is 6.81. The van der Waals surface area contributed by atoms with E-state index in [0.717, 1.165) is 11.8 Å². The fraction of sp³-hybridized carbons (Fsp3) is 0.263. The normalized spacial score (nSPS) is 14.2. The number of halogens is 3. The van der Waals surface area contributed by atoms with E-state index in [1.165, 1.54) is 12.1 Å². The van der Waals surface area contributed by atoms with Crippen molar-refractivity contribution in [3.63, 3.8) is 0 Å². The number of carbonyl (C=O) groups is 2. The molecule has 0 unspecified atom stereocenters. The molecule has 1 heterocycles. The van der Waals surface area contributed by atoms with Gasteiger partial charge in [-0.15, -0.1) is 0 Å². The number of benzene rings is 2. The molecular formula is C19H17Cl2FN2O3. The molecule has 1 aliphatic rings. The fourth-order valence-electron chi connectivity index (χ4n) is 2.89. The van der Waals surface area contributed by atoms with Gasteiger partial charge < -0.3 is 14.5 Å². The predicted octanol–water partition coefficient (Wildman–Crippen LogP) is 3.64. The summed E-state index contributed by atoms with van der Waals surface area (Å²) < 4.78 is 18.7. The Kier molecular flexibility index (Phi) is 6.19. The number of piperazine rings is 1. The Labute approximate surface area is 166 Å². The molecule has 142 valence electrons. The molecule has 0 atom stereocenters. The zero-order valence-electron chi connectivity index (χ0n) is 14.3. The van der Waals surface area contributed by atoms with Crippen LogP contribution in [0.2, 0.25) is 10.0 Å². The van der Waals surface area contributed by atoms with Gasteiger partial charge in [0.1, 0.15) is 11.4 Å². The average Bonchev–Trinajstić information content (AvgIpc) is 2.66. The van der Waals surface area contributed by atoms with Crippen LogP contribution < -0.4 is 4.90 Å². The van der Waals surface area contributed by atoms with Crippen LogP contribution >= 0.6 is 23.2 Å². The maximum Gasteiger partial charge on any atom is 0.343 e. The number of hydrogen-bond acceptors (Lipinski definition) is 4. The number of anilines is 1. The minimum atomic E-state index is -0.957. The van der Waals surface area contributed by atoms with Crippen molar-refractivity contribution in [3.8, 4) is 0 Å². The third-order valence-corrected chi connectivity index (χ3v) is 4.95. The van der Waals surface area contributed by atoms with Crippen LogP contribution in [0.25, 0.3) is 0 Å². The van der Waals surface area contributed by atoms with Gasteiger partial charge >= 0.3 is 5.97 Å². The van der Waals surface area contributed by atoms with Crippen LogP contribution in [0.4, 0.5) is 10.1 Å². The van der Waals surface area contributed by atoms with Gasteiger partial charge in [0.05, 0.1) is 15.7 Å². The first kappa shape index (κ1) is 19.5. The summed E-state index contributed by atoms with van der Waals surface area (Å²) in [5, 5.41) is 0.605. The lowest BCUT2D eigenvalue weighted by molar-refractivity contribution is -0.134. The SMILES string of the molecule is O=C(OCC(=O)N1CCN(c2ccccc2Cl)CC1)c1c(F)cccc1Cl. The maximum absolute atomic E-state index is 13.7. The molecule has 0 radical (unpaired) electrons. The van der Waals surface area contributed by atoms with Crippen molar-refractivity contribution in [3.05, 3.63) is 63.9 Å². The van der Waals surface area contributed by atoms with Gasteiger partial charge in [-0.2, -0.15) is 0 Å². The number of rotatable bonds is 4. The summed E-state index contributed by atoms with van der Waals surface area (Å²) in [7, 11) is 0. The van der Waals surface area contributed by atoms with E-state index >= 15 is 0 Å². The summed E-state index contributed by atoms with van der Waals surface area (Å²) >= 11 is 12.0. The second kappa shape index (κ2) is 8.59. The fourth-order valence-corrected chi connectivity index (χ4v) is 3.38. The van der Waals surface area contributed by atoms with E-state index in [0.29, 0.717) is 31.2 Å². The van der Waals surface area contributed by atoms with E-state index in [9.17, 15) is 14.0 Å². The van der Waals surface area contributed by atoms with Crippen molar-refractivity contribution in [2.75, 3.05) is 37.7 Å². The van der Waals surface area contributed by atoms with Crippen LogP contribution in [0.1, 0.15) is 10.4 Å². The minimum Gasteiger partial charge on any atom is -0.452 e. The molecule has 1 fully saturated rings. The van der Waals surface area contributed by atoms with Crippen molar-refractivity contribution >= 4 is 40.8 Å². The van der Waals surface area contributed by atoms with E-state index in [2.05, 4.69) is 4.90 Å². The number of amides is 1. The van der Waals surface area contributed by atoms with Crippen LogP contribution in [-0.2, 0) is 9.53 Å². The first-order valence-corrected chi connectivity index (χ1v) is 9.11. The predicted molar refractivity (Wildman–Crippen MR) is 102 cm³/mol. The molecule has 1 saturated heterocycles. The summed E-state index contributed by atoms with van der Waals surface area (Å²) in [5.74, 6) is -2.08. The highest BCUT2D eigenvalue weighted by Gasteiger charge is 2.24. The molecule has 1 amide bonds. The average molecular weight is 411 g/mol. The van der Waals surface area contributed by atoms with E-state index in [-0.39, 0.29) is 16.5 Å². The van der Waals surface area contributed by atoms with Gasteiger partial charge in [-0.05, 0) is 24.3 Å². The van der Waals surface area contributed by atoms with Gasteiger partial charge in [0.2, 0.25) is 0 Å². The summed E-state index contributed by atoms with van der Waals surface area (Å²) in [6.07, 6.45) is 0. The second-order valence-electron chi connectivity index (χ2n) is 5.99. The summed E-state index contributed by atoms with van der Waals surface area (Å²) in [6.45, 7) is 1.71. The Morgan fingerprint density at radius 1 is 0.963 bits per heavy atom. The largest absolute Gasteiger partial charge is 0.452 e. The molecule has 0 spiro atoms. The molecule has 0 bridgehead atoms. The highest BCUT2D eigenvalue weighted by molar-refractivity contribution is 6.33. The number of ether oxygens (including phenoxy) is 1. The molecular weight excluding hydrogens is 394 g/mol. The lowest BCUT2D eigenvalue weighted by Gasteiger charge is -2.36. The van der Waals surface area contributed by atoms with Gasteiger partial charge in [-0.3, -0.25) is 4.79 Å². The third-order valence-electron chi connectivity index (χ3n) is 4.32. The van der Waals surface area contributed by atoms with E-state index in [1.54, 1.807) is 4.90 Å². The molecule has 0 aliphatic carbocycles. The van der Waals surface area contributed by atoms with Gasteiger partial charge in [0.25, 0.3) is 5.91 Å². The lowest BCUT2D eigenvalue weighted by atomic mass is 10.2. The van der Waals surface area contributed by atoms with Crippen molar-refractivity contribution in [1.29, 1.82) is 0 Å². The Hall–Kier alpha value is -2.31. The van der Waals surface area contributed by atoms with E-state index in [4.69, 9.17) is 27.9 Å². The standard InChI is InChI=1S/C19H17Cl2FN2O3/c20-13-4-1-2-7-16(13)23-8-10-24(11-9-23)17(25)12-27-19(26)18-14(21)5-3-6-15(18)22/h1-7H,8-12H2. The van der Waals surface area contributed by atoms with Crippen LogP contribution in [-0.4, -0.2) is 49.6 Å². The molecule has 0 saturated carbocycles. The lowest BCUT2D eigenvalue weighted by Crippen LogP contribution is -2.50. The quantitative estimate of drug-likeness (QED) is 0.721. The molecule has 1 aliphatic heterocycles. The third kappa shape index (κ3) is 4.51. The number of nitrogens with zero attached hydrogens (tertiary/aromatic N) is 2. The number of para-hydroxylation sites is 1. The zero-order chi connectivity index (χ0) is 19.4. The van der Waals surface area contributed by atoms with E-state index < -0.39 is 18.4 Å². The van der Waals surface area contributed by atoms with Crippen LogP contribution in [0.3, 0.4) is 0 Å². The van der Waals surface area contributed by atoms with Crippen LogP contribution in [0.5, 0.6) is 0 Å². The first-order valence-electron chi connectivity index (χ1n) is 8.36. The van der Waals surface area contributed by atoms with Gasteiger partial charge in [0.15, 0.2) is 6.61 Å². The molecule has 8 heteroatoms. The molecule has 3 rings (SSSR count). The van der Waals surface area contributed by atoms with Crippen LogP contribution in [0, 0.1) is 5.82 Å². The number of carbonyl (C=O) groups excluding carboxylic acids is 2. The highest BCUT2D eigenvalue weighted by Crippen LogP contribution is 2.26. The van der Waals surface area contributed by atoms with Gasteiger partial charge in [-0.25, -0.2) is 9.18 Å². The Morgan fingerprint density at radius 3 is 2.30 bits per heavy atom. The molecule has 2 aromatic rings. The maximum atomic E-state index is 13.7. The summed E-state index contributed by atoms with van der Waals surface area (Å²) in [6, 6.07) is 11.4. The number of esters is 1. The van der Waals surface area contributed by atoms with E-state index in [1.807, 2.05) is 24.3 Å². The van der Waals surface area contributed by atoms with Crippen LogP contribution in [0.15, 0.2) is 42.5 Å². The molecule has 2 aromatic carbocycles.